The molecule has 0 spiro atoms. The van der Waals surface area contributed by atoms with E-state index in [0.29, 0.717) is 29.0 Å². The van der Waals surface area contributed by atoms with Crippen LogP contribution >= 0.6 is 0 Å². The third kappa shape index (κ3) is 4.29. The Morgan fingerprint density at radius 3 is 2.59 bits per heavy atom. The van der Waals surface area contributed by atoms with E-state index in [0.717, 1.165) is 12.8 Å². The largest absolute Gasteiger partial charge is 0.339 e. The summed E-state index contributed by atoms with van der Waals surface area (Å²) in [5, 5.41) is 11.5. The van der Waals surface area contributed by atoms with Crippen LogP contribution in [0.5, 0.6) is 0 Å². The summed E-state index contributed by atoms with van der Waals surface area (Å²) in [6.07, 6.45) is 2.74. The minimum Gasteiger partial charge on any atom is -0.339 e. The third-order valence-corrected chi connectivity index (χ3v) is 7.43. The molecule has 9 nitrogen and oxygen atoms in total. The number of nitrogens with one attached hydrogen (secondary N) is 1. The number of aromatic nitrogens is 5. The van der Waals surface area contributed by atoms with Gasteiger partial charge < -0.3 is 9.09 Å². The summed E-state index contributed by atoms with van der Waals surface area (Å²) < 4.78 is 63.8. The number of rotatable bonds is 6. The van der Waals surface area contributed by atoms with Crippen LogP contribution in [0.2, 0.25) is 0 Å². The number of hydrogen-bond donors (Lipinski definition) is 1. The van der Waals surface area contributed by atoms with E-state index >= 15 is 0 Å². The van der Waals surface area contributed by atoms with Crippen molar-refractivity contribution >= 4 is 10.0 Å². The molecule has 2 atom stereocenters. The molecule has 2 aliphatic rings. The maximum absolute atomic E-state index is 14.4. The van der Waals surface area contributed by atoms with Crippen LogP contribution in [0.15, 0.2) is 40.0 Å². The molecule has 2 aromatic heterocycles. The molecule has 0 aliphatic heterocycles. The smallest absolute Gasteiger partial charge is 0.251 e. The Morgan fingerprint density at radius 2 is 1.94 bits per heavy atom. The van der Waals surface area contributed by atoms with Gasteiger partial charge in [-0.1, -0.05) is 5.16 Å². The second-order valence-corrected chi connectivity index (χ2v) is 10.2. The molecule has 0 amide bonds. The molecule has 2 heterocycles. The summed E-state index contributed by atoms with van der Waals surface area (Å²) in [5.74, 6) is -1.19. The van der Waals surface area contributed by atoms with E-state index < -0.39 is 34.5 Å². The number of alkyl halides is 2. The zero-order valence-electron chi connectivity index (χ0n) is 17.3. The second kappa shape index (κ2) is 7.69. The molecular weight excluding hydrogens is 442 g/mol. The van der Waals surface area contributed by atoms with Crippen LogP contribution in [0.3, 0.4) is 0 Å². The number of halogens is 2. The highest BCUT2D eigenvalue weighted by Gasteiger charge is 2.43. The van der Waals surface area contributed by atoms with E-state index in [1.54, 1.807) is 23.6 Å². The molecule has 12 heteroatoms. The number of hydrogen-bond acceptors (Lipinski definition) is 7. The lowest BCUT2D eigenvalue weighted by molar-refractivity contribution is -0.0579. The predicted octanol–water partition coefficient (Wildman–Crippen LogP) is 3.22. The molecule has 0 saturated heterocycles. The molecule has 3 aromatic rings. The first-order valence-corrected chi connectivity index (χ1v) is 11.9. The number of nitrogens with zero attached hydrogens (tertiary/aromatic N) is 5. The topological polar surface area (TPSA) is 116 Å². The lowest BCUT2D eigenvalue weighted by Crippen LogP contribution is -2.45. The van der Waals surface area contributed by atoms with Gasteiger partial charge in [0.05, 0.1) is 4.90 Å². The minimum atomic E-state index is -4.00. The van der Waals surface area contributed by atoms with Crippen LogP contribution in [0, 0.1) is 6.92 Å². The van der Waals surface area contributed by atoms with Gasteiger partial charge in [0, 0.05) is 36.4 Å². The predicted molar refractivity (Wildman–Crippen MR) is 108 cm³/mol. The SMILES string of the molecule is Cc1nncn1[C@H]1C[C@@H](NS(=O)(=O)c2ccc(-c3noc(C4CC4)n3)cc2)CC(F)(F)C1. The molecule has 5 rings (SSSR count). The Morgan fingerprint density at radius 1 is 1.19 bits per heavy atom. The average Bonchev–Trinajstić information content (AvgIpc) is 3.29. The van der Waals surface area contributed by atoms with Crippen molar-refractivity contribution in [1.82, 2.24) is 29.6 Å². The third-order valence-electron chi connectivity index (χ3n) is 5.89. The van der Waals surface area contributed by atoms with Crippen LogP contribution in [0.4, 0.5) is 8.78 Å². The van der Waals surface area contributed by atoms with Crippen molar-refractivity contribution in [1.29, 1.82) is 0 Å². The van der Waals surface area contributed by atoms with Crippen LogP contribution in [-0.2, 0) is 10.0 Å². The zero-order chi connectivity index (χ0) is 22.5. The van der Waals surface area contributed by atoms with Crippen LogP contribution < -0.4 is 4.72 Å². The van der Waals surface area contributed by atoms with Gasteiger partial charge in [-0.05, 0) is 50.5 Å². The molecule has 2 saturated carbocycles. The molecule has 0 bridgehead atoms. The van der Waals surface area contributed by atoms with Crippen molar-refractivity contribution in [2.45, 2.75) is 67.8 Å². The highest BCUT2D eigenvalue weighted by molar-refractivity contribution is 7.89. The Hall–Kier alpha value is -2.73. The number of aryl methyl sites for hydroxylation is 1. The van der Waals surface area contributed by atoms with Gasteiger partial charge in [-0.2, -0.15) is 4.98 Å². The molecule has 2 aliphatic carbocycles. The van der Waals surface area contributed by atoms with Gasteiger partial charge >= 0.3 is 0 Å². The minimum absolute atomic E-state index is 0.0157. The van der Waals surface area contributed by atoms with Crippen molar-refractivity contribution in [2.24, 2.45) is 0 Å². The number of benzene rings is 1. The van der Waals surface area contributed by atoms with Gasteiger partial charge in [0.15, 0.2) is 0 Å². The first-order chi connectivity index (χ1) is 15.2. The molecule has 0 unspecified atom stereocenters. The Kier molecular flexibility index (Phi) is 5.08. The average molecular weight is 464 g/mol. The molecule has 2 fully saturated rings. The Bertz CT molecular complexity index is 1220. The Labute approximate surface area is 183 Å². The fourth-order valence-electron chi connectivity index (χ4n) is 4.16. The van der Waals surface area contributed by atoms with Crippen molar-refractivity contribution in [3.8, 4) is 11.4 Å². The van der Waals surface area contributed by atoms with Crippen molar-refractivity contribution < 1.29 is 21.7 Å². The molecule has 1 aromatic carbocycles. The maximum atomic E-state index is 14.4. The van der Waals surface area contributed by atoms with E-state index in [-0.39, 0.29) is 17.7 Å². The van der Waals surface area contributed by atoms with Crippen molar-refractivity contribution in [3.05, 3.63) is 42.3 Å². The maximum Gasteiger partial charge on any atom is 0.251 e. The van der Waals surface area contributed by atoms with Gasteiger partial charge in [0.25, 0.3) is 5.92 Å². The van der Waals surface area contributed by atoms with Gasteiger partial charge in [-0.3, -0.25) is 0 Å². The van der Waals surface area contributed by atoms with Gasteiger partial charge in [-0.15, -0.1) is 10.2 Å². The summed E-state index contributed by atoms with van der Waals surface area (Å²) in [4.78, 5) is 4.33. The monoisotopic (exact) mass is 464 g/mol. The van der Waals surface area contributed by atoms with Crippen LogP contribution in [0.25, 0.3) is 11.4 Å². The number of sulfonamides is 1. The highest BCUT2D eigenvalue weighted by Crippen LogP contribution is 2.41. The molecule has 1 N–H and O–H groups in total. The molecule has 32 heavy (non-hydrogen) atoms. The van der Waals surface area contributed by atoms with Crippen LogP contribution in [-0.4, -0.2) is 45.3 Å². The van der Waals surface area contributed by atoms with Gasteiger partial charge in [0.1, 0.15) is 12.2 Å². The van der Waals surface area contributed by atoms with Gasteiger partial charge in [-0.25, -0.2) is 21.9 Å². The summed E-state index contributed by atoms with van der Waals surface area (Å²) in [6.45, 7) is 1.68. The summed E-state index contributed by atoms with van der Waals surface area (Å²) in [7, 11) is -4.00. The molecule has 0 radical (unpaired) electrons. The van der Waals surface area contributed by atoms with E-state index in [9.17, 15) is 17.2 Å². The van der Waals surface area contributed by atoms with E-state index in [1.165, 1.54) is 18.5 Å². The fraction of sp³-hybridized carbons (Fsp3) is 0.500. The second-order valence-electron chi connectivity index (χ2n) is 8.51. The van der Waals surface area contributed by atoms with Crippen molar-refractivity contribution in [3.63, 3.8) is 0 Å². The molecular formula is C20H22F2N6O3S. The fourth-order valence-corrected chi connectivity index (χ4v) is 5.41. The first-order valence-electron chi connectivity index (χ1n) is 10.4. The van der Waals surface area contributed by atoms with Crippen molar-refractivity contribution in [2.75, 3.05) is 0 Å². The zero-order valence-corrected chi connectivity index (χ0v) is 18.1. The quantitative estimate of drug-likeness (QED) is 0.595. The van der Waals surface area contributed by atoms with E-state index in [1.807, 2.05) is 0 Å². The van der Waals surface area contributed by atoms with E-state index in [2.05, 4.69) is 25.1 Å². The van der Waals surface area contributed by atoms with E-state index in [4.69, 9.17) is 4.52 Å². The lowest BCUT2D eigenvalue weighted by Gasteiger charge is -2.35. The normalized spacial score (nSPS) is 23.3. The lowest BCUT2D eigenvalue weighted by atomic mass is 9.88. The summed E-state index contributed by atoms with van der Waals surface area (Å²) in [6, 6.07) is 4.46. The summed E-state index contributed by atoms with van der Waals surface area (Å²) >= 11 is 0. The Balaban J connectivity index is 1.32. The first kappa shape index (κ1) is 21.1. The highest BCUT2D eigenvalue weighted by atomic mass is 32.2. The van der Waals surface area contributed by atoms with Crippen LogP contribution in [0.1, 0.15) is 55.8 Å². The molecule has 170 valence electrons. The van der Waals surface area contributed by atoms with Gasteiger partial charge in [0.2, 0.25) is 21.7 Å². The summed E-state index contributed by atoms with van der Waals surface area (Å²) in [5.41, 5.74) is 0.618. The standard InChI is InChI=1S/C20H22F2N6O3S/c1-12-25-23-11-28(12)16-8-15(9-20(21,22)10-16)27-32(29,30)17-6-4-13(5-7-17)18-24-19(31-26-18)14-2-3-14/h4-7,11,14-16,27H,2-3,8-10H2,1H3/t15-,16+/m1/s1.